The maximum Gasteiger partial charge on any atom is 0.417 e. The van der Waals surface area contributed by atoms with Gasteiger partial charge in [0, 0.05) is 31.2 Å². The quantitative estimate of drug-likeness (QED) is 0.732. The fourth-order valence-corrected chi connectivity index (χ4v) is 4.39. The number of ether oxygens (including phenoxy) is 1. The number of hydrogen-bond donors (Lipinski definition) is 1. The van der Waals surface area contributed by atoms with Crippen molar-refractivity contribution in [2.24, 2.45) is 0 Å². The highest BCUT2D eigenvalue weighted by molar-refractivity contribution is 7.89. The zero-order chi connectivity index (χ0) is 21.1. The highest BCUT2D eigenvalue weighted by Crippen LogP contribution is 2.35. The van der Waals surface area contributed by atoms with Gasteiger partial charge in [-0.15, -0.1) is 0 Å². The first-order chi connectivity index (χ1) is 13.6. The Morgan fingerprint density at radius 3 is 2.28 bits per heavy atom. The van der Waals surface area contributed by atoms with Crippen LogP contribution in [0.3, 0.4) is 0 Å². The Balaban J connectivity index is 1.68. The van der Waals surface area contributed by atoms with Crippen molar-refractivity contribution in [3.8, 4) is 0 Å². The average Bonchev–Trinajstić information content (AvgIpc) is 2.67. The molecule has 2 aromatic carbocycles. The van der Waals surface area contributed by atoms with Crippen LogP contribution in [0.25, 0.3) is 0 Å². The summed E-state index contributed by atoms with van der Waals surface area (Å²) in [6, 6.07) is 9.85. The molecule has 0 amide bonds. The zero-order valence-electron chi connectivity index (χ0n) is 15.4. The SMILES string of the molecule is O=S(=O)(NCc1ccc(CN2CCOCC2)cc1)c1ccc(Cl)cc1C(F)(F)F. The minimum Gasteiger partial charge on any atom is -0.379 e. The largest absolute Gasteiger partial charge is 0.417 e. The van der Waals surface area contributed by atoms with Crippen LogP contribution in [-0.4, -0.2) is 39.6 Å². The maximum atomic E-state index is 13.2. The number of nitrogens with one attached hydrogen (secondary N) is 1. The molecule has 1 heterocycles. The standard InChI is InChI=1S/C19H20ClF3N2O3S/c20-16-5-6-18(17(11-16)19(21,22)23)29(26,27)24-12-14-1-3-15(4-2-14)13-25-7-9-28-10-8-25/h1-6,11,24H,7-10,12-13H2. The summed E-state index contributed by atoms with van der Waals surface area (Å²) in [6.45, 7) is 3.73. The molecule has 0 bridgehead atoms. The van der Waals surface area contributed by atoms with Crippen LogP contribution in [0.2, 0.25) is 5.02 Å². The number of sulfonamides is 1. The summed E-state index contributed by atoms with van der Waals surface area (Å²) in [7, 11) is -4.37. The fourth-order valence-electron chi connectivity index (χ4n) is 2.99. The molecule has 0 aromatic heterocycles. The first-order valence-electron chi connectivity index (χ1n) is 8.89. The molecule has 29 heavy (non-hydrogen) atoms. The van der Waals surface area contributed by atoms with Crippen molar-refractivity contribution in [2.45, 2.75) is 24.2 Å². The van der Waals surface area contributed by atoms with Crippen LogP contribution >= 0.6 is 11.6 Å². The summed E-state index contributed by atoms with van der Waals surface area (Å²) in [6.07, 6.45) is -4.84. The lowest BCUT2D eigenvalue weighted by Crippen LogP contribution is -2.35. The number of halogens is 4. The summed E-state index contributed by atoms with van der Waals surface area (Å²) < 4.78 is 72.0. The number of nitrogens with zero attached hydrogens (tertiary/aromatic N) is 1. The topological polar surface area (TPSA) is 58.6 Å². The van der Waals surface area contributed by atoms with Crippen molar-refractivity contribution in [1.29, 1.82) is 0 Å². The van der Waals surface area contributed by atoms with Crippen LogP contribution in [0.4, 0.5) is 13.2 Å². The van der Waals surface area contributed by atoms with E-state index < -0.39 is 26.7 Å². The Labute approximate surface area is 172 Å². The van der Waals surface area contributed by atoms with E-state index in [9.17, 15) is 21.6 Å². The van der Waals surface area contributed by atoms with Gasteiger partial charge in [-0.1, -0.05) is 35.9 Å². The van der Waals surface area contributed by atoms with E-state index in [1.807, 2.05) is 12.1 Å². The van der Waals surface area contributed by atoms with E-state index in [1.165, 1.54) is 0 Å². The Morgan fingerprint density at radius 2 is 1.66 bits per heavy atom. The van der Waals surface area contributed by atoms with Gasteiger partial charge in [-0.2, -0.15) is 13.2 Å². The first-order valence-corrected chi connectivity index (χ1v) is 10.8. The van der Waals surface area contributed by atoms with Gasteiger partial charge in [0.05, 0.1) is 23.7 Å². The van der Waals surface area contributed by atoms with Crippen molar-refractivity contribution in [2.75, 3.05) is 26.3 Å². The van der Waals surface area contributed by atoms with Crippen molar-refractivity contribution in [3.05, 3.63) is 64.2 Å². The molecule has 1 saturated heterocycles. The van der Waals surface area contributed by atoms with E-state index in [2.05, 4.69) is 9.62 Å². The van der Waals surface area contributed by atoms with E-state index >= 15 is 0 Å². The second kappa shape index (κ2) is 9.01. The van der Waals surface area contributed by atoms with Crippen LogP contribution in [0.15, 0.2) is 47.4 Å². The van der Waals surface area contributed by atoms with Crippen LogP contribution in [0.5, 0.6) is 0 Å². The van der Waals surface area contributed by atoms with Gasteiger partial charge in [-0.25, -0.2) is 13.1 Å². The molecule has 0 atom stereocenters. The van der Waals surface area contributed by atoms with Crippen molar-refractivity contribution in [3.63, 3.8) is 0 Å². The van der Waals surface area contributed by atoms with Gasteiger partial charge in [0.2, 0.25) is 10.0 Å². The number of rotatable bonds is 6. The zero-order valence-corrected chi connectivity index (χ0v) is 16.9. The van der Waals surface area contributed by atoms with E-state index in [0.717, 1.165) is 37.3 Å². The van der Waals surface area contributed by atoms with E-state index in [0.29, 0.717) is 24.8 Å². The molecular formula is C19H20ClF3N2O3S. The lowest BCUT2D eigenvalue weighted by atomic mass is 10.1. The first kappa shape index (κ1) is 22.0. The molecule has 0 saturated carbocycles. The fraction of sp³-hybridized carbons (Fsp3) is 0.368. The molecule has 1 aliphatic rings. The minimum atomic E-state index is -4.84. The molecule has 1 N–H and O–H groups in total. The van der Waals surface area contributed by atoms with Crippen molar-refractivity contribution >= 4 is 21.6 Å². The highest BCUT2D eigenvalue weighted by Gasteiger charge is 2.37. The lowest BCUT2D eigenvalue weighted by molar-refractivity contribution is -0.139. The Bertz CT molecular complexity index is 944. The molecule has 0 aliphatic carbocycles. The lowest BCUT2D eigenvalue weighted by Gasteiger charge is -2.26. The van der Waals surface area contributed by atoms with Gasteiger partial charge in [0.25, 0.3) is 0 Å². The van der Waals surface area contributed by atoms with Gasteiger partial charge in [-0.05, 0) is 29.3 Å². The molecule has 0 radical (unpaired) electrons. The third-order valence-corrected chi connectivity index (χ3v) is 6.23. The van der Waals surface area contributed by atoms with Crippen LogP contribution in [-0.2, 0) is 34.0 Å². The van der Waals surface area contributed by atoms with E-state index in [1.54, 1.807) is 12.1 Å². The van der Waals surface area contributed by atoms with Gasteiger partial charge in [0.15, 0.2) is 0 Å². The van der Waals surface area contributed by atoms with Gasteiger partial charge >= 0.3 is 6.18 Å². The van der Waals surface area contributed by atoms with Gasteiger partial charge in [-0.3, -0.25) is 4.90 Å². The van der Waals surface area contributed by atoms with Crippen LogP contribution < -0.4 is 4.72 Å². The average molecular weight is 449 g/mol. The molecule has 1 fully saturated rings. The normalized spacial score (nSPS) is 16.1. The summed E-state index contributed by atoms with van der Waals surface area (Å²) in [5.74, 6) is 0. The monoisotopic (exact) mass is 448 g/mol. The number of alkyl halides is 3. The predicted octanol–water partition coefficient (Wildman–Crippen LogP) is 3.67. The summed E-state index contributed by atoms with van der Waals surface area (Å²) >= 11 is 5.60. The molecule has 2 aromatic rings. The number of benzene rings is 2. The second-order valence-corrected chi connectivity index (χ2v) is 8.84. The molecule has 10 heteroatoms. The molecular weight excluding hydrogens is 429 g/mol. The smallest absolute Gasteiger partial charge is 0.379 e. The van der Waals surface area contributed by atoms with Crippen LogP contribution in [0, 0.1) is 0 Å². The Hall–Kier alpha value is -1.65. The van der Waals surface area contributed by atoms with Crippen LogP contribution in [0.1, 0.15) is 16.7 Å². The third-order valence-electron chi connectivity index (χ3n) is 4.54. The summed E-state index contributed by atoms with van der Waals surface area (Å²) in [4.78, 5) is 1.40. The summed E-state index contributed by atoms with van der Waals surface area (Å²) in [5, 5.41) is -0.188. The van der Waals surface area contributed by atoms with Gasteiger partial charge in [0.1, 0.15) is 0 Å². The number of hydrogen-bond acceptors (Lipinski definition) is 4. The van der Waals surface area contributed by atoms with E-state index in [-0.39, 0.29) is 11.6 Å². The van der Waals surface area contributed by atoms with E-state index in [4.69, 9.17) is 16.3 Å². The molecule has 158 valence electrons. The molecule has 5 nitrogen and oxygen atoms in total. The maximum absolute atomic E-state index is 13.2. The molecule has 1 aliphatic heterocycles. The molecule has 3 rings (SSSR count). The third kappa shape index (κ3) is 5.93. The van der Waals surface area contributed by atoms with Crippen molar-refractivity contribution < 1.29 is 26.3 Å². The molecule has 0 unspecified atom stereocenters. The second-order valence-electron chi connectivity index (χ2n) is 6.67. The highest BCUT2D eigenvalue weighted by atomic mass is 35.5. The predicted molar refractivity (Wildman–Crippen MR) is 103 cm³/mol. The van der Waals surface area contributed by atoms with Crippen molar-refractivity contribution in [1.82, 2.24) is 9.62 Å². The summed E-state index contributed by atoms with van der Waals surface area (Å²) in [5.41, 5.74) is 0.413. The molecule has 0 spiro atoms. The van der Waals surface area contributed by atoms with Gasteiger partial charge < -0.3 is 4.74 Å². The minimum absolute atomic E-state index is 0.125. The Morgan fingerprint density at radius 1 is 1.03 bits per heavy atom. The number of morpholine rings is 1. The Kier molecular flexibility index (Phi) is 6.85.